The monoisotopic (exact) mass is 408 g/mol. The molecule has 2 heterocycles. The maximum Gasteiger partial charge on any atom is 0.240 e. The standard InChI is InChI=1S/C21H32N2O2S2/c1-5-6-7-19(22-16-25-21(2,3)4)20(24)23(12-17-8-10-26-14-17)13-18-9-11-27-15-18/h8-11,14-15,19,22H,5-7,12-13,16H2,1-4H3/t19-/m0/s1. The molecular formula is C21H32N2O2S2. The van der Waals surface area contributed by atoms with Gasteiger partial charge in [-0.3, -0.25) is 10.1 Å². The molecule has 0 fully saturated rings. The summed E-state index contributed by atoms with van der Waals surface area (Å²) in [5.74, 6) is 0.151. The van der Waals surface area contributed by atoms with Crippen LogP contribution in [0.5, 0.6) is 0 Å². The van der Waals surface area contributed by atoms with Gasteiger partial charge in [0, 0.05) is 13.1 Å². The molecule has 2 rings (SSSR count). The van der Waals surface area contributed by atoms with Crippen molar-refractivity contribution in [2.75, 3.05) is 6.73 Å². The zero-order valence-corrected chi connectivity index (χ0v) is 18.5. The van der Waals surface area contributed by atoms with Gasteiger partial charge in [0.1, 0.15) is 0 Å². The van der Waals surface area contributed by atoms with Gasteiger partial charge in [0.15, 0.2) is 0 Å². The summed E-state index contributed by atoms with van der Waals surface area (Å²) in [5, 5.41) is 11.7. The Morgan fingerprint density at radius 1 is 1.15 bits per heavy atom. The molecule has 0 aromatic carbocycles. The second-order valence-electron chi connectivity index (χ2n) is 7.76. The van der Waals surface area contributed by atoms with E-state index in [0.717, 1.165) is 19.3 Å². The van der Waals surface area contributed by atoms with Crippen LogP contribution in [0.3, 0.4) is 0 Å². The smallest absolute Gasteiger partial charge is 0.240 e. The highest BCUT2D eigenvalue weighted by molar-refractivity contribution is 7.08. The van der Waals surface area contributed by atoms with Crippen LogP contribution in [0.2, 0.25) is 0 Å². The molecule has 150 valence electrons. The Hall–Kier alpha value is -1.21. The van der Waals surface area contributed by atoms with Crippen molar-refractivity contribution in [2.45, 2.75) is 71.7 Å². The molecule has 1 N–H and O–H groups in total. The summed E-state index contributed by atoms with van der Waals surface area (Å²) in [6.07, 6.45) is 2.91. The van der Waals surface area contributed by atoms with E-state index in [4.69, 9.17) is 4.74 Å². The van der Waals surface area contributed by atoms with Gasteiger partial charge in [0.05, 0.1) is 18.4 Å². The molecule has 0 bridgehead atoms. The lowest BCUT2D eigenvalue weighted by Gasteiger charge is -2.29. The Labute approximate surface area is 171 Å². The van der Waals surface area contributed by atoms with Gasteiger partial charge >= 0.3 is 0 Å². The Balaban J connectivity index is 2.08. The molecule has 27 heavy (non-hydrogen) atoms. The number of carbonyl (C=O) groups is 1. The molecular weight excluding hydrogens is 376 g/mol. The molecule has 0 saturated carbocycles. The predicted octanol–water partition coefficient (Wildman–Crippen LogP) is 5.26. The van der Waals surface area contributed by atoms with Crippen LogP contribution < -0.4 is 5.32 Å². The summed E-state index contributed by atoms with van der Waals surface area (Å²) in [6, 6.07) is 3.97. The first-order valence-corrected chi connectivity index (χ1v) is 11.5. The van der Waals surface area contributed by atoms with Gasteiger partial charge in [-0.1, -0.05) is 19.8 Å². The molecule has 0 aliphatic carbocycles. The first kappa shape index (κ1) is 22.1. The molecule has 4 nitrogen and oxygen atoms in total. The van der Waals surface area contributed by atoms with Crippen molar-refractivity contribution in [1.29, 1.82) is 0 Å². The van der Waals surface area contributed by atoms with Gasteiger partial charge in [-0.05, 0) is 72.0 Å². The van der Waals surface area contributed by atoms with Crippen LogP contribution in [0.15, 0.2) is 33.7 Å². The van der Waals surface area contributed by atoms with E-state index in [0.29, 0.717) is 19.8 Å². The van der Waals surface area contributed by atoms with Crippen molar-refractivity contribution in [1.82, 2.24) is 10.2 Å². The first-order valence-electron chi connectivity index (χ1n) is 9.57. The Kier molecular flexibility index (Phi) is 8.96. The number of hydrogen-bond donors (Lipinski definition) is 1. The van der Waals surface area contributed by atoms with Crippen molar-refractivity contribution in [3.05, 3.63) is 44.8 Å². The maximum atomic E-state index is 13.4. The maximum absolute atomic E-state index is 13.4. The summed E-state index contributed by atoms with van der Waals surface area (Å²) in [7, 11) is 0. The van der Waals surface area contributed by atoms with Crippen LogP contribution in [0, 0.1) is 0 Å². The van der Waals surface area contributed by atoms with E-state index in [2.05, 4.69) is 45.9 Å². The number of unbranched alkanes of at least 4 members (excludes halogenated alkanes) is 1. The largest absolute Gasteiger partial charge is 0.361 e. The summed E-state index contributed by atoms with van der Waals surface area (Å²) >= 11 is 3.34. The Morgan fingerprint density at radius 2 is 1.74 bits per heavy atom. The minimum atomic E-state index is -0.224. The molecule has 6 heteroatoms. The van der Waals surface area contributed by atoms with E-state index < -0.39 is 0 Å². The lowest BCUT2D eigenvalue weighted by molar-refractivity contribution is -0.136. The van der Waals surface area contributed by atoms with Crippen LogP contribution in [-0.4, -0.2) is 29.2 Å². The minimum Gasteiger partial charge on any atom is -0.361 e. The molecule has 0 aliphatic rings. The Bertz CT molecular complexity index is 612. The van der Waals surface area contributed by atoms with Crippen LogP contribution >= 0.6 is 22.7 Å². The van der Waals surface area contributed by atoms with E-state index in [9.17, 15) is 4.79 Å². The number of ether oxygens (including phenoxy) is 1. The number of nitrogens with zero attached hydrogens (tertiary/aromatic N) is 1. The lowest BCUT2D eigenvalue weighted by Crippen LogP contribution is -2.47. The van der Waals surface area contributed by atoms with Gasteiger partial charge < -0.3 is 9.64 Å². The number of hydrogen-bond acceptors (Lipinski definition) is 5. The van der Waals surface area contributed by atoms with Crippen LogP contribution in [0.1, 0.15) is 58.1 Å². The van der Waals surface area contributed by atoms with E-state index in [1.54, 1.807) is 22.7 Å². The summed E-state index contributed by atoms with van der Waals surface area (Å²) in [4.78, 5) is 15.3. The third-order valence-corrected chi connectivity index (χ3v) is 5.66. The fourth-order valence-electron chi connectivity index (χ4n) is 2.72. The summed E-state index contributed by atoms with van der Waals surface area (Å²) < 4.78 is 5.80. The molecule has 0 spiro atoms. The third-order valence-electron chi connectivity index (χ3n) is 4.20. The van der Waals surface area contributed by atoms with Crippen molar-refractivity contribution < 1.29 is 9.53 Å². The molecule has 1 amide bonds. The highest BCUT2D eigenvalue weighted by Gasteiger charge is 2.25. The van der Waals surface area contributed by atoms with Gasteiger partial charge in [-0.15, -0.1) is 0 Å². The predicted molar refractivity (Wildman–Crippen MR) is 115 cm³/mol. The average molecular weight is 409 g/mol. The van der Waals surface area contributed by atoms with E-state index >= 15 is 0 Å². The second kappa shape index (κ2) is 11.0. The molecule has 2 aromatic rings. The van der Waals surface area contributed by atoms with Crippen LogP contribution in [0.4, 0.5) is 0 Å². The number of thiophene rings is 2. The van der Waals surface area contributed by atoms with Crippen LogP contribution in [-0.2, 0) is 22.6 Å². The van der Waals surface area contributed by atoms with Crippen LogP contribution in [0.25, 0.3) is 0 Å². The van der Waals surface area contributed by atoms with Crippen molar-refractivity contribution in [3.63, 3.8) is 0 Å². The topological polar surface area (TPSA) is 41.6 Å². The van der Waals surface area contributed by atoms with Crippen molar-refractivity contribution >= 4 is 28.6 Å². The van der Waals surface area contributed by atoms with Crippen molar-refractivity contribution in [2.24, 2.45) is 0 Å². The lowest BCUT2D eigenvalue weighted by atomic mass is 10.1. The zero-order valence-electron chi connectivity index (χ0n) is 16.9. The van der Waals surface area contributed by atoms with E-state index in [-0.39, 0.29) is 17.6 Å². The fourth-order valence-corrected chi connectivity index (χ4v) is 4.04. The molecule has 0 saturated heterocycles. The molecule has 0 unspecified atom stereocenters. The highest BCUT2D eigenvalue weighted by Crippen LogP contribution is 2.17. The van der Waals surface area contributed by atoms with Crippen molar-refractivity contribution in [3.8, 4) is 0 Å². The first-order chi connectivity index (χ1) is 12.9. The number of rotatable bonds is 11. The molecule has 0 aliphatic heterocycles. The average Bonchev–Trinajstić information content (AvgIpc) is 3.29. The quantitative estimate of drug-likeness (QED) is 0.516. The number of nitrogens with one attached hydrogen (secondary N) is 1. The SMILES string of the molecule is CCCC[C@H](NCOC(C)(C)C)C(=O)N(Cc1ccsc1)Cc1ccsc1. The van der Waals surface area contributed by atoms with Gasteiger partial charge in [0.25, 0.3) is 0 Å². The molecule has 2 aromatic heterocycles. The molecule has 1 atom stereocenters. The summed E-state index contributed by atoms with van der Waals surface area (Å²) in [5.41, 5.74) is 2.14. The Morgan fingerprint density at radius 3 is 2.19 bits per heavy atom. The second-order valence-corrected chi connectivity index (χ2v) is 9.32. The third kappa shape index (κ3) is 8.13. The summed E-state index contributed by atoms with van der Waals surface area (Å²) in [6.45, 7) is 9.90. The van der Waals surface area contributed by atoms with E-state index in [1.165, 1.54) is 11.1 Å². The number of carbonyl (C=O) groups excluding carboxylic acids is 1. The van der Waals surface area contributed by atoms with E-state index in [1.807, 2.05) is 25.7 Å². The minimum absolute atomic E-state index is 0.151. The highest BCUT2D eigenvalue weighted by atomic mass is 32.1. The normalized spacial score (nSPS) is 12.9. The molecule has 0 radical (unpaired) electrons. The zero-order chi connectivity index (χ0) is 19.7. The van der Waals surface area contributed by atoms with Gasteiger partial charge in [-0.25, -0.2) is 0 Å². The van der Waals surface area contributed by atoms with Gasteiger partial charge in [0.2, 0.25) is 5.91 Å². The fraction of sp³-hybridized carbons (Fsp3) is 0.571. The van der Waals surface area contributed by atoms with Gasteiger partial charge in [-0.2, -0.15) is 22.7 Å². The number of amides is 1.